The second-order valence-electron chi connectivity index (χ2n) is 6.68. The average molecular weight is 421 g/mol. The molecule has 0 aliphatic carbocycles. The number of benzene rings is 1. The summed E-state index contributed by atoms with van der Waals surface area (Å²) in [6.45, 7) is -0.505. The Morgan fingerprint density at radius 1 is 1.14 bits per heavy atom. The second-order valence-corrected chi connectivity index (χ2v) is 8.59. The largest absolute Gasteiger partial charge is 0.394 e. The molecule has 0 radical (unpaired) electrons. The zero-order chi connectivity index (χ0) is 20.8. The summed E-state index contributed by atoms with van der Waals surface area (Å²) in [6, 6.07) is 8.59. The number of aromatic nitrogens is 4. The van der Waals surface area contributed by atoms with Crippen LogP contribution in [-0.4, -0.2) is 68.2 Å². The van der Waals surface area contributed by atoms with Gasteiger partial charge >= 0.3 is 0 Å². The lowest BCUT2D eigenvalue weighted by Crippen LogP contribution is -2.33. The van der Waals surface area contributed by atoms with Crippen LogP contribution < -0.4 is 5.73 Å². The van der Waals surface area contributed by atoms with Crippen molar-refractivity contribution < 1.29 is 28.5 Å². The van der Waals surface area contributed by atoms with E-state index in [1.54, 1.807) is 30.3 Å². The standard InChI is InChI=1S/C17H19N5O6S/c18-17-20-14-11(15(21-17)29(26,27)7-9-4-2-1-3-5-9)19-8-22(14)16-13(25)12(24)10(6-23)28-16/h1-5,8,10,12-13,16,23-25H,6-7H2,(H2,18,20,21)/t10-,12-,13-,16?/m1/s1. The van der Waals surface area contributed by atoms with Gasteiger partial charge in [0.15, 0.2) is 16.9 Å². The van der Waals surface area contributed by atoms with Crippen molar-refractivity contribution >= 4 is 26.9 Å². The maximum absolute atomic E-state index is 13.0. The molecule has 1 aromatic carbocycles. The van der Waals surface area contributed by atoms with Crippen LogP contribution >= 0.6 is 0 Å². The third kappa shape index (κ3) is 3.45. The molecule has 4 atom stereocenters. The average Bonchev–Trinajstić information content (AvgIpc) is 3.22. The summed E-state index contributed by atoms with van der Waals surface area (Å²) < 4.78 is 32.7. The van der Waals surface area contributed by atoms with E-state index in [2.05, 4.69) is 15.0 Å². The number of aliphatic hydroxyl groups is 3. The third-order valence-electron chi connectivity index (χ3n) is 4.69. The Bertz CT molecular complexity index is 1140. The first-order valence-corrected chi connectivity index (χ1v) is 10.4. The van der Waals surface area contributed by atoms with Gasteiger partial charge < -0.3 is 25.8 Å². The molecule has 4 rings (SSSR count). The number of rotatable bonds is 5. The second kappa shape index (κ2) is 7.31. The maximum atomic E-state index is 13.0. The summed E-state index contributed by atoms with van der Waals surface area (Å²) in [5.74, 6) is -0.599. The van der Waals surface area contributed by atoms with Crippen molar-refractivity contribution in [2.24, 2.45) is 0 Å². The van der Waals surface area contributed by atoms with E-state index in [1.165, 1.54) is 10.9 Å². The molecule has 11 nitrogen and oxygen atoms in total. The Morgan fingerprint density at radius 2 is 1.86 bits per heavy atom. The molecule has 1 saturated heterocycles. The highest BCUT2D eigenvalue weighted by atomic mass is 32.2. The van der Waals surface area contributed by atoms with Crippen molar-refractivity contribution in [3.05, 3.63) is 42.2 Å². The molecule has 2 aromatic heterocycles. The third-order valence-corrected chi connectivity index (χ3v) is 6.28. The molecule has 3 aromatic rings. The van der Waals surface area contributed by atoms with Gasteiger partial charge in [-0.1, -0.05) is 30.3 Å². The normalized spacial score (nSPS) is 24.9. The monoisotopic (exact) mass is 421 g/mol. The van der Waals surface area contributed by atoms with Crippen LogP contribution in [0.5, 0.6) is 0 Å². The van der Waals surface area contributed by atoms with Gasteiger partial charge in [-0.25, -0.2) is 13.4 Å². The first-order valence-electron chi connectivity index (χ1n) is 8.71. The minimum atomic E-state index is -3.91. The summed E-state index contributed by atoms with van der Waals surface area (Å²) in [5, 5.41) is 29.2. The van der Waals surface area contributed by atoms with Crippen LogP contribution in [0, 0.1) is 0 Å². The van der Waals surface area contributed by atoms with Gasteiger partial charge in [0.25, 0.3) is 0 Å². The molecule has 1 aliphatic heterocycles. The highest BCUT2D eigenvalue weighted by molar-refractivity contribution is 7.90. The Labute approximate surface area is 165 Å². The molecule has 154 valence electrons. The van der Waals surface area contributed by atoms with E-state index in [1.807, 2.05) is 0 Å². The molecule has 0 saturated carbocycles. The topological polar surface area (TPSA) is 174 Å². The van der Waals surface area contributed by atoms with Gasteiger partial charge in [0.05, 0.1) is 18.7 Å². The van der Waals surface area contributed by atoms with Crippen LogP contribution in [0.1, 0.15) is 11.8 Å². The minimum Gasteiger partial charge on any atom is -0.394 e. The Morgan fingerprint density at radius 3 is 2.52 bits per heavy atom. The highest BCUT2D eigenvalue weighted by Gasteiger charge is 2.44. The number of hydrogen-bond acceptors (Lipinski definition) is 10. The molecule has 1 unspecified atom stereocenters. The smallest absolute Gasteiger partial charge is 0.223 e. The van der Waals surface area contributed by atoms with Crippen molar-refractivity contribution in [2.45, 2.75) is 35.3 Å². The summed E-state index contributed by atoms with van der Waals surface area (Å²) in [5.41, 5.74) is 6.30. The van der Waals surface area contributed by atoms with E-state index >= 15 is 0 Å². The predicted octanol–water partition coefficient (Wildman–Crippen LogP) is -1.01. The zero-order valence-corrected chi connectivity index (χ0v) is 15.8. The molecule has 0 bridgehead atoms. The number of ether oxygens (including phenoxy) is 1. The Balaban J connectivity index is 1.78. The number of aliphatic hydroxyl groups excluding tert-OH is 3. The summed E-state index contributed by atoms with van der Waals surface area (Å²) in [6.07, 6.45) is -3.63. The Kier molecular flexibility index (Phi) is 4.96. The highest BCUT2D eigenvalue weighted by Crippen LogP contribution is 2.32. The number of fused-ring (bicyclic) bond motifs is 1. The van der Waals surface area contributed by atoms with E-state index in [4.69, 9.17) is 10.5 Å². The molecule has 0 amide bonds. The molecule has 29 heavy (non-hydrogen) atoms. The van der Waals surface area contributed by atoms with Crippen molar-refractivity contribution in [1.29, 1.82) is 0 Å². The molecular formula is C17H19N5O6S. The lowest BCUT2D eigenvalue weighted by Gasteiger charge is -2.16. The van der Waals surface area contributed by atoms with E-state index in [0.717, 1.165) is 0 Å². The lowest BCUT2D eigenvalue weighted by atomic mass is 10.1. The van der Waals surface area contributed by atoms with Crippen LogP contribution in [0.4, 0.5) is 5.95 Å². The summed E-state index contributed by atoms with van der Waals surface area (Å²) in [7, 11) is -3.91. The summed E-state index contributed by atoms with van der Waals surface area (Å²) >= 11 is 0. The van der Waals surface area contributed by atoms with Crippen LogP contribution in [0.2, 0.25) is 0 Å². The van der Waals surface area contributed by atoms with Gasteiger partial charge in [-0.05, 0) is 5.56 Å². The van der Waals surface area contributed by atoms with Gasteiger partial charge in [-0.3, -0.25) is 4.57 Å². The first kappa shape index (κ1) is 19.7. The molecule has 1 aliphatic rings. The van der Waals surface area contributed by atoms with Crippen LogP contribution in [0.3, 0.4) is 0 Å². The quantitative estimate of drug-likeness (QED) is 0.374. The number of nitrogen functional groups attached to an aromatic ring is 1. The fourth-order valence-corrected chi connectivity index (χ4v) is 4.72. The summed E-state index contributed by atoms with van der Waals surface area (Å²) in [4.78, 5) is 12.0. The van der Waals surface area contributed by atoms with Gasteiger partial charge in [0, 0.05) is 0 Å². The van der Waals surface area contributed by atoms with E-state index in [0.29, 0.717) is 5.56 Å². The molecule has 1 fully saturated rings. The van der Waals surface area contributed by atoms with E-state index in [-0.39, 0.29) is 27.9 Å². The van der Waals surface area contributed by atoms with Crippen molar-refractivity contribution in [3.8, 4) is 0 Å². The number of sulfone groups is 1. The lowest BCUT2D eigenvalue weighted by molar-refractivity contribution is -0.0511. The van der Waals surface area contributed by atoms with Crippen molar-refractivity contribution in [1.82, 2.24) is 19.5 Å². The first-order chi connectivity index (χ1) is 13.8. The predicted molar refractivity (Wildman–Crippen MR) is 100 cm³/mol. The molecule has 5 N–H and O–H groups in total. The fourth-order valence-electron chi connectivity index (χ4n) is 3.28. The zero-order valence-electron chi connectivity index (χ0n) is 15.0. The van der Waals surface area contributed by atoms with E-state index < -0.39 is 41.0 Å². The fraction of sp³-hybridized carbons (Fsp3) is 0.353. The van der Waals surface area contributed by atoms with E-state index in [9.17, 15) is 23.7 Å². The number of nitrogens with two attached hydrogens (primary N) is 1. The number of hydrogen-bond donors (Lipinski definition) is 4. The van der Waals surface area contributed by atoms with Crippen LogP contribution in [0.15, 0.2) is 41.7 Å². The Hall–Kier alpha value is -2.64. The number of nitrogens with zero attached hydrogens (tertiary/aromatic N) is 4. The maximum Gasteiger partial charge on any atom is 0.223 e. The SMILES string of the molecule is Nc1nc(S(=O)(=O)Cc2ccccc2)c2ncn(C3O[C@H](CO)[C@@H](O)[C@H]3O)c2n1. The molecule has 0 spiro atoms. The van der Waals surface area contributed by atoms with Gasteiger partial charge in [0.1, 0.15) is 23.8 Å². The minimum absolute atomic E-state index is 0.0268. The van der Waals surface area contributed by atoms with Gasteiger partial charge in [0.2, 0.25) is 15.8 Å². The van der Waals surface area contributed by atoms with Crippen LogP contribution in [-0.2, 0) is 20.3 Å². The number of imidazole rings is 1. The van der Waals surface area contributed by atoms with Gasteiger partial charge in [-0.2, -0.15) is 9.97 Å². The number of anilines is 1. The van der Waals surface area contributed by atoms with Gasteiger partial charge in [-0.15, -0.1) is 0 Å². The molecule has 3 heterocycles. The van der Waals surface area contributed by atoms with Crippen LogP contribution in [0.25, 0.3) is 11.2 Å². The van der Waals surface area contributed by atoms with Crippen molar-refractivity contribution in [3.63, 3.8) is 0 Å². The molecule has 12 heteroatoms. The van der Waals surface area contributed by atoms with Crippen molar-refractivity contribution in [2.75, 3.05) is 12.3 Å². The molecular weight excluding hydrogens is 402 g/mol.